The average Bonchev–Trinajstić information content (AvgIpc) is 2.77. The van der Waals surface area contributed by atoms with Gasteiger partial charge in [0.1, 0.15) is 11.5 Å². The molecule has 0 aliphatic carbocycles. The lowest BCUT2D eigenvalue weighted by molar-refractivity contribution is 0.407. The molecule has 1 atom stereocenters. The van der Waals surface area contributed by atoms with Gasteiger partial charge in [0.15, 0.2) is 0 Å². The molecule has 0 saturated heterocycles. The van der Waals surface area contributed by atoms with Gasteiger partial charge < -0.3 is 9.47 Å². The fourth-order valence-corrected chi connectivity index (χ4v) is 5.80. The Morgan fingerprint density at radius 2 is 1.28 bits per heavy atom. The van der Waals surface area contributed by atoms with Gasteiger partial charge in [0.2, 0.25) is 0 Å². The Hall–Kier alpha value is -1.53. The standard InChI is InChI=1S/C29H45O2P/c1-10-11-12-13-16-32-29-26(31-9)15-14-25(30-8)28(29)27-23(20(4)5)17-22(19(2)3)18-24(27)21(6)7/h14-15,17-21,32H,10-13,16H2,1-9H3. The molecule has 0 bridgehead atoms. The lowest BCUT2D eigenvalue weighted by Crippen LogP contribution is -2.12. The minimum Gasteiger partial charge on any atom is -0.496 e. The Morgan fingerprint density at radius 1 is 0.719 bits per heavy atom. The third kappa shape index (κ3) is 6.28. The molecule has 2 aromatic rings. The number of hydrogen-bond donors (Lipinski definition) is 0. The summed E-state index contributed by atoms with van der Waals surface area (Å²) in [4.78, 5) is 0. The van der Waals surface area contributed by atoms with Crippen LogP contribution in [-0.4, -0.2) is 20.4 Å². The van der Waals surface area contributed by atoms with Gasteiger partial charge in [-0.05, 0) is 64.7 Å². The summed E-state index contributed by atoms with van der Waals surface area (Å²) in [6.07, 6.45) is 6.37. The molecule has 2 rings (SSSR count). The molecule has 0 amide bonds. The van der Waals surface area contributed by atoms with Crippen molar-refractivity contribution in [1.82, 2.24) is 0 Å². The summed E-state index contributed by atoms with van der Waals surface area (Å²) in [6, 6.07) is 9.04. The molecule has 2 aromatic carbocycles. The van der Waals surface area contributed by atoms with E-state index in [2.05, 4.69) is 72.7 Å². The minimum atomic E-state index is 0.429. The highest BCUT2D eigenvalue weighted by Gasteiger charge is 2.25. The van der Waals surface area contributed by atoms with Gasteiger partial charge in [-0.1, -0.05) is 88.4 Å². The van der Waals surface area contributed by atoms with E-state index in [4.69, 9.17) is 9.47 Å². The van der Waals surface area contributed by atoms with Crippen molar-refractivity contribution in [2.45, 2.75) is 91.9 Å². The van der Waals surface area contributed by atoms with E-state index in [9.17, 15) is 0 Å². The fourth-order valence-electron chi connectivity index (χ4n) is 4.34. The van der Waals surface area contributed by atoms with Crippen LogP contribution in [0.5, 0.6) is 11.5 Å². The van der Waals surface area contributed by atoms with Crippen LogP contribution >= 0.6 is 8.58 Å². The van der Waals surface area contributed by atoms with Crippen LogP contribution in [0.25, 0.3) is 11.1 Å². The first-order chi connectivity index (χ1) is 15.3. The van der Waals surface area contributed by atoms with Crippen LogP contribution in [0.3, 0.4) is 0 Å². The summed E-state index contributed by atoms with van der Waals surface area (Å²) < 4.78 is 11.9. The summed E-state index contributed by atoms with van der Waals surface area (Å²) in [5.74, 6) is 3.32. The highest BCUT2D eigenvalue weighted by atomic mass is 31.1. The molecule has 0 saturated carbocycles. The highest BCUT2D eigenvalue weighted by Crippen LogP contribution is 2.44. The second kappa shape index (κ2) is 12.6. The van der Waals surface area contributed by atoms with Gasteiger partial charge in [0.05, 0.1) is 14.2 Å². The Labute approximate surface area is 199 Å². The first kappa shape index (κ1) is 26.7. The van der Waals surface area contributed by atoms with E-state index in [1.165, 1.54) is 65.0 Å². The predicted octanol–water partition coefficient (Wildman–Crippen LogP) is 8.63. The van der Waals surface area contributed by atoms with E-state index >= 15 is 0 Å². The van der Waals surface area contributed by atoms with E-state index in [1.54, 1.807) is 14.2 Å². The SMILES string of the molecule is CCCCCCPc1c(OC)ccc(OC)c1-c1c(C(C)C)cc(C(C)C)cc1C(C)C. The van der Waals surface area contributed by atoms with E-state index in [0.717, 1.165) is 11.5 Å². The van der Waals surface area contributed by atoms with Gasteiger partial charge in [-0.2, -0.15) is 0 Å². The second-order valence-corrected chi connectivity index (χ2v) is 11.1. The van der Waals surface area contributed by atoms with Crippen molar-refractivity contribution in [2.75, 3.05) is 20.4 Å². The summed E-state index contributed by atoms with van der Waals surface area (Å²) in [6.45, 7) is 16.1. The first-order valence-electron chi connectivity index (χ1n) is 12.4. The van der Waals surface area contributed by atoms with Gasteiger partial charge in [0.25, 0.3) is 0 Å². The van der Waals surface area contributed by atoms with Gasteiger partial charge >= 0.3 is 0 Å². The van der Waals surface area contributed by atoms with E-state index in [0.29, 0.717) is 26.3 Å². The number of rotatable bonds is 12. The molecule has 0 aromatic heterocycles. The third-order valence-corrected chi connectivity index (χ3v) is 7.74. The zero-order valence-electron chi connectivity index (χ0n) is 21.9. The Balaban J connectivity index is 2.79. The molecular formula is C29H45O2P. The first-order valence-corrected chi connectivity index (χ1v) is 13.6. The van der Waals surface area contributed by atoms with Crippen molar-refractivity contribution in [3.05, 3.63) is 41.0 Å². The predicted molar refractivity (Wildman–Crippen MR) is 144 cm³/mol. The maximum absolute atomic E-state index is 5.98. The van der Waals surface area contributed by atoms with Crippen LogP contribution in [0.15, 0.2) is 24.3 Å². The summed E-state index contributed by atoms with van der Waals surface area (Å²) in [7, 11) is 4.31. The van der Waals surface area contributed by atoms with E-state index in [1.807, 2.05) is 0 Å². The Bertz CT molecular complexity index is 839. The maximum atomic E-state index is 5.98. The quantitative estimate of drug-likeness (QED) is 0.235. The molecule has 32 heavy (non-hydrogen) atoms. The van der Waals surface area contributed by atoms with Crippen molar-refractivity contribution in [1.29, 1.82) is 0 Å². The van der Waals surface area contributed by atoms with Crippen LogP contribution in [-0.2, 0) is 0 Å². The number of ether oxygens (including phenoxy) is 2. The number of benzene rings is 2. The summed E-state index contributed by atoms with van der Waals surface area (Å²) >= 11 is 0. The lowest BCUT2D eigenvalue weighted by atomic mass is 9.81. The molecule has 0 N–H and O–H groups in total. The zero-order valence-corrected chi connectivity index (χ0v) is 22.9. The molecule has 0 radical (unpaired) electrons. The molecule has 0 spiro atoms. The second-order valence-electron chi connectivity index (χ2n) is 9.75. The molecule has 0 aliphatic heterocycles. The summed E-state index contributed by atoms with van der Waals surface area (Å²) in [5, 5.41) is 1.32. The monoisotopic (exact) mass is 456 g/mol. The molecule has 0 aliphatic rings. The Kier molecular flexibility index (Phi) is 10.6. The zero-order chi connectivity index (χ0) is 23.8. The van der Waals surface area contributed by atoms with Crippen molar-refractivity contribution >= 4 is 13.9 Å². The van der Waals surface area contributed by atoms with Crippen molar-refractivity contribution < 1.29 is 9.47 Å². The number of unbranched alkanes of at least 4 members (excludes halogenated alkanes) is 3. The van der Waals surface area contributed by atoms with E-state index < -0.39 is 0 Å². The molecule has 2 nitrogen and oxygen atoms in total. The topological polar surface area (TPSA) is 18.5 Å². The molecule has 1 unspecified atom stereocenters. The van der Waals surface area contributed by atoms with Crippen LogP contribution < -0.4 is 14.8 Å². The smallest absolute Gasteiger partial charge is 0.127 e. The maximum Gasteiger partial charge on any atom is 0.127 e. The average molecular weight is 457 g/mol. The molecule has 3 heteroatoms. The largest absolute Gasteiger partial charge is 0.496 e. The van der Waals surface area contributed by atoms with E-state index in [-0.39, 0.29) is 0 Å². The highest BCUT2D eigenvalue weighted by molar-refractivity contribution is 7.47. The van der Waals surface area contributed by atoms with Gasteiger partial charge in [0, 0.05) is 10.9 Å². The number of methoxy groups -OCH3 is 2. The molecule has 0 heterocycles. The molecular weight excluding hydrogens is 411 g/mol. The van der Waals surface area contributed by atoms with Crippen LogP contribution in [0.2, 0.25) is 0 Å². The fraction of sp³-hybridized carbons (Fsp3) is 0.586. The van der Waals surface area contributed by atoms with Crippen LogP contribution in [0.4, 0.5) is 0 Å². The van der Waals surface area contributed by atoms with Crippen molar-refractivity contribution in [2.24, 2.45) is 0 Å². The number of hydrogen-bond acceptors (Lipinski definition) is 2. The van der Waals surface area contributed by atoms with Gasteiger partial charge in [-0.3, -0.25) is 0 Å². The summed E-state index contributed by atoms with van der Waals surface area (Å²) in [5.41, 5.74) is 6.88. The Morgan fingerprint density at radius 3 is 1.75 bits per heavy atom. The van der Waals surface area contributed by atoms with Crippen LogP contribution in [0, 0.1) is 0 Å². The minimum absolute atomic E-state index is 0.429. The van der Waals surface area contributed by atoms with Crippen molar-refractivity contribution in [3.63, 3.8) is 0 Å². The molecule has 0 fully saturated rings. The van der Waals surface area contributed by atoms with Gasteiger partial charge in [-0.15, -0.1) is 0 Å². The van der Waals surface area contributed by atoms with Gasteiger partial charge in [-0.25, -0.2) is 0 Å². The lowest BCUT2D eigenvalue weighted by Gasteiger charge is -2.26. The normalized spacial score (nSPS) is 12.0. The third-order valence-electron chi connectivity index (χ3n) is 6.28. The molecule has 178 valence electrons. The van der Waals surface area contributed by atoms with Crippen molar-refractivity contribution in [3.8, 4) is 22.6 Å². The van der Waals surface area contributed by atoms with Crippen LogP contribution in [0.1, 0.15) is 109 Å².